The van der Waals surface area contributed by atoms with Crippen molar-refractivity contribution in [2.24, 2.45) is 0 Å². The van der Waals surface area contributed by atoms with Crippen LogP contribution in [0.2, 0.25) is 0 Å². The highest BCUT2D eigenvalue weighted by atomic mass is 16.5. The van der Waals surface area contributed by atoms with Crippen molar-refractivity contribution in [3.05, 3.63) is 46.1 Å². The molecule has 10 nitrogen and oxygen atoms in total. The van der Waals surface area contributed by atoms with Crippen LogP contribution in [-0.4, -0.2) is 87.4 Å². The van der Waals surface area contributed by atoms with Crippen LogP contribution in [0.3, 0.4) is 0 Å². The largest absolute Gasteiger partial charge is 0.484 e. The summed E-state index contributed by atoms with van der Waals surface area (Å²) >= 11 is 0. The van der Waals surface area contributed by atoms with Gasteiger partial charge in [-0.15, -0.1) is 0 Å². The molecular weight excluding hydrogens is 468 g/mol. The van der Waals surface area contributed by atoms with Crippen LogP contribution in [0.25, 0.3) is 21.9 Å². The maximum absolute atomic E-state index is 13.1. The molecule has 36 heavy (non-hydrogen) atoms. The van der Waals surface area contributed by atoms with Gasteiger partial charge in [0, 0.05) is 37.8 Å². The highest BCUT2D eigenvalue weighted by Gasteiger charge is 2.20. The Morgan fingerprint density at radius 3 is 2.06 bits per heavy atom. The van der Waals surface area contributed by atoms with Gasteiger partial charge in [0.25, 0.3) is 11.8 Å². The minimum atomic E-state index is -0.179. The summed E-state index contributed by atoms with van der Waals surface area (Å²) in [5.41, 5.74) is 1.16. The Labute approximate surface area is 207 Å². The first-order valence-corrected chi connectivity index (χ1v) is 12.0. The van der Waals surface area contributed by atoms with E-state index in [1.165, 1.54) is 0 Å². The monoisotopic (exact) mass is 496 g/mol. The third-order valence-electron chi connectivity index (χ3n) is 6.45. The Bertz CT molecular complexity index is 1340. The van der Waals surface area contributed by atoms with Gasteiger partial charge in [-0.05, 0) is 31.2 Å². The van der Waals surface area contributed by atoms with E-state index in [0.717, 1.165) is 0 Å². The van der Waals surface area contributed by atoms with Crippen LogP contribution in [0.5, 0.6) is 11.5 Å². The molecule has 2 aliphatic heterocycles. The van der Waals surface area contributed by atoms with Crippen molar-refractivity contribution in [3.8, 4) is 11.5 Å². The van der Waals surface area contributed by atoms with Gasteiger partial charge in [-0.2, -0.15) is 0 Å². The number of amides is 2. The van der Waals surface area contributed by atoms with Crippen molar-refractivity contribution in [1.82, 2.24) is 9.80 Å². The number of aryl methyl sites for hydroxylation is 1. The van der Waals surface area contributed by atoms with E-state index in [1.54, 1.807) is 47.1 Å². The van der Waals surface area contributed by atoms with E-state index in [4.69, 9.17) is 23.4 Å². The van der Waals surface area contributed by atoms with E-state index < -0.39 is 0 Å². The summed E-state index contributed by atoms with van der Waals surface area (Å²) in [5, 5.41) is 0.827. The summed E-state index contributed by atoms with van der Waals surface area (Å²) < 4.78 is 28.1. The molecule has 0 saturated carbocycles. The minimum Gasteiger partial charge on any atom is -0.484 e. The van der Waals surface area contributed by atoms with Gasteiger partial charge in [0.2, 0.25) is 5.43 Å². The predicted molar refractivity (Wildman–Crippen MR) is 131 cm³/mol. The highest BCUT2D eigenvalue weighted by Crippen LogP contribution is 2.29. The lowest BCUT2D eigenvalue weighted by atomic mass is 10.1. The molecule has 2 fully saturated rings. The average molecular weight is 497 g/mol. The Hall–Kier alpha value is -3.63. The molecule has 2 aliphatic rings. The maximum Gasteiger partial charge on any atom is 0.260 e. The van der Waals surface area contributed by atoms with E-state index in [-0.39, 0.29) is 30.5 Å². The lowest BCUT2D eigenvalue weighted by molar-refractivity contribution is -0.138. The maximum atomic E-state index is 13.1. The molecule has 0 spiro atoms. The van der Waals surface area contributed by atoms with Gasteiger partial charge >= 0.3 is 0 Å². The Morgan fingerprint density at radius 1 is 0.833 bits per heavy atom. The smallest absolute Gasteiger partial charge is 0.260 e. The Morgan fingerprint density at radius 2 is 1.42 bits per heavy atom. The van der Waals surface area contributed by atoms with Crippen LogP contribution in [0.1, 0.15) is 5.56 Å². The fourth-order valence-corrected chi connectivity index (χ4v) is 4.35. The first-order valence-electron chi connectivity index (χ1n) is 12.0. The summed E-state index contributed by atoms with van der Waals surface area (Å²) in [6.07, 6.45) is 0. The van der Waals surface area contributed by atoms with E-state index in [0.29, 0.717) is 91.6 Å². The first-order chi connectivity index (χ1) is 17.5. The SMILES string of the molecule is Cc1c(OCC(=O)N2CCOCC2)ccc2c(=O)c3ccc(OCC(=O)N4CCOCC4)cc3oc12. The molecule has 0 unspecified atom stereocenters. The molecular formula is C26H28N2O8. The minimum absolute atomic E-state index is 0.112. The van der Waals surface area contributed by atoms with E-state index in [2.05, 4.69) is 0 Å². The van der Waals surface area contributed by atoms with Gasteiger partial charge in [0.15, 0.2) is 13.2 Å². The van der Waals surface area contributed by atoms with Crippen LogP contribution in [0.4, 0.5) is 0 Å². The average Bonchev–Trinajstić information content (AvgIpc) is 2.92. The first kappa shape index (κ1) is 24.1. The Balaban J connectivity index is 1.35. The number of rotatable bonds is 6. The summed E-state index contributed by atoms with van der Waals surface area (Å²) in [5.74, 6) is 0.650. The van der Waals surface area contributed by atoms with E-state index in [9.17, 15) is 14.4 Å². The summed E-state index contributed by atoms with van der Waals surface area (Å²) in [6.45, 7) is 5.82. The van der Waals surface area contributed by atoms with Crippen LogP contribution in [-0.2, 0) is 19.1 Å². The second-order valence-corrected chi connectivity index (χ2v) is 8.72. The Kier molecular flexibility index (Phi) is 7.06. The molecule has 2 amide bonds. The lowest BCUT2D eigenvalue weighted by Gasteiger charge is -2.26. The van der Waals surface area contributed by atoms with Crippen LogP contribution in [0, 0.1) is 6.92 Å². The van der Waals surface area contributed by atoms with Crippen molar-refractivity contribution in [1.29, 1.82) is 0 Å². The van der Waals surface area contributed by atoms with Crippen LogP contribution >= 0.6 is 0 Å². The quantitative estimate of drug-likeness (QED) is 0.475. The second kappa shape index (κ2) is 10.5. The number of hydrogen-bond donors (Lipinski definition) is 0. The molecule has 5 rings (SSSR count). The molecule has 190 valence electrons. The molecule has 0 atom stereocenters. The number of ether oxygens (including phenoxy) is 4. The summed E-state index contributed by atoms with van der Waals surface area (Å²) in [4.78, 5) is 41.4. The number of morpholine rings is 2. The van der Waals surface area contributed by atoms with Gasteiger partial charge in [0.1, 0.15) is 22.7 Å². The molecule has 2 saturated heterocycles. The van der Waals surface area contributed by atoms with Gasteiger partial charge in [-0.3, -0.25) is 14.4 Å². The number of fused-ring (bicyclic) bond motifs is 2. The molecule has 3 heterocycles. The fraction of sp³-hybridized carbons (Fsp3) is 0.423. The normalized spacial score (nSPS) is 16.4. The second-order valence-electron chi connectivity index (χ2n) is 8.72. The fourth-order valence-electron chi connectivity index (χ4n) is 4.35. The number of carbonyl (C=O) groups excluding carboxylic acids is 2. The number of hydrogen-bond acceptors (Lipinski definition) is 8. The number of benzene rings is 2. The van der Waals surface area contributed by atoms with Crippen molar-refractivity contribution < 1.29 is 33.0 Å². The molecule has 0 aliphatic carbocycles. The predicted octanol–water partition coefficient (Wildman–Crippen LogP) is 1.73. The standard InChI is InChI=1S/C26H28N2O8/c1-17-21(35-16-24(30)28-8-12-33-13-9-28)5-4-20-25(31)19-3-2-18(14-22(19)36-26(17)20)34-15-23(29)27-6-10-32-11-7-27/h2-5,14H,6-13,15-16H2,1H3. The molecule has 10 heteroatoms. The molecule has 0 radical (unpaired) electrons. The molecule has 0 bridgehead atoms. The lowest BCUT2D eigenvalue weighted by Crippen LogP contribution is -2.43. The molecule has 2 aromatic carbocycles. The number of carbonyl (C=O) groups is 2. The van der Waals surface area contributed by atoms with E-state index >= 15 is 0 Å². The molecule has 1 aromatic heterocycles. The molecule has 3 aromatic rings. The zero-order valence-corrected chi connectivity index (χ0v) is 20.1. The number of nitrogens with zero attached hydrogens (tertiary/aromatic N) is 2. The molecule has 0 N–H and O–H groups in total. The third-order valence-corrected chi connectivity index (χ3v) is 6.45. The third kappa shape index (κ3) is 5.00. The zero-order chi connectivity index (χ0) is 25.1. The van der Waals surface area contributed by atoms with Crippen molar-refractivity contribution in [2.75, 3.05) is 65.8 Å². The van der Waals surface area contributed by atoms with Crippen LogP contribution < -0.4 is 14.9 Å². The van der Waals surface area contributed by atoms with Crippen molar-refractivity contribution >= 4 is 33.8 Å². The van der Waals surface area contributed by atoms with E-state index in [1.807, 2.05) is 0 Å². The van der Waals surface area contributed by atoms with Gasteiger partial charge < -0.3 is 33.2 Å². The highest BCUT2D eigenvalue weighted by molar-refractivity contribution is 5.92. The van der Waals surface area contributed by atoms with Gasteiger partial charge in [-0.1, -0.05) is 0 Å². The summed E-state index contributed by atoms with van der Waals surface area (Å²) in [6, 6.07) is 8.22. The van der Waals surface area contributed by atoms with Crippen molar-refractivity contribution in [3.63, 3.8) is 0 Å². The van der Waals surface area contributed by atoms with Gasteiger partial charge in [-0.25, -0.2) is 0 Å². The van der Waals surface area contributed by atoms with Crippen molar-refractivity contribution in [2.45, 2.75) is 6.92 Å². The summed E-state index contributed by atoms with van der Waals surface area (Å²) in [7, 11) is 0. The zero-order valence-electron chi connectivity index (χ0n) is 20.1. The van der Waals surface area contributed by atoms with Gasteiger partial charge in [0.05, 0.1) is 37.2 Å². The van der Waals surface area contributed by atoms with Crippen LogP contribution in [0.15, 0.2) is 39.5 Å². The topological polar surface area (TPSA) is 108 Å².